The van der Waals surface area contributed by atoms with Gasteiger partial charge in [-0.25, -0.2) is 0 Å². The molecule has 1 aliphatic heterocycles. The first-order valence-corrected chi connectivity index (χ1v) is 12.0. The molecule has 36 heavy (non-hydrogen) atoms. The summed E-state index contributed by atoms with van der Waals surface area (Å²) in [5, 5.41) is 35.0. The lowest BCUT2D eigenvalue weighted by atomic mass is 9.50. The molecule has 0 amide bonds. The number of esters is 1. The molecule has 1 saturated heterocycles. The van der Waals surface area contributed by atoms with Crippen LogP contribution in [0.2, 0.25) is 0 Å². The van der Waals surface area contributed by atoms with Gasteiger partial charge in [-0.05, 0) is 53.7 Å². The molecule has 8 nitrogen and oxygen atoms in total. The van der Waals surface area contributed by atoms with Crippen molar-refractivity contribution in [1.29, 1.82) is 0 Å². The Bertz CT molecular complexity index is 1230. The smallest absolute Gasteiger partial charge is 0.312 e. The van der Waals surface area contributed by atoms with E-state index in [1.54, 1.807) is 38.2 Å². The van der Waals surface area contributed by atoms with Crippen LogP contribution in [-0.4, -0.2) is 55.4 Å². The highest BCUT2D eigenvalue weighted by molar-refractivity contribution is 6.26. The Balaban J connectivity index is 2.17. The second-order valence-corrected chi connectivity index (χ2v) is 10.6. The van der Waals surface area contributed by atoms with E-state index in [1.165, 1.54) is 45.9 Å². The van der Waals surface area contributed by atoms with Gasteiger partial charge in [-0.2, -0.15) is 0 Å². The first kappa shape index (κ1) is 26.0. The number of rotatable bonds is 5. The second kappa shape index (κ2) is 7.70. The summed E-state index contributed by atoms with van der Waals surface area (Å²) in [7, 11) is 0. The van der Waals surface area contributed by atoms with E-state index >= 15 is 0 Å². The van der Waals surface area contributed by atoms with Crippen LogP contribution in [0.3, 0.4) is 0 Å². The summed E-state index contributed by atoms with van der Waals surface area (Å²) in [5.74, 6) is -7.85. The number of fused-ring (bicyclic) bond motifs is 2. The van der Waals surface area contributed by atoms with Crippen LogP contribution >= 0.6 is 0 Å². The average Bonchev–Trinajstić information content (AvgIpc) is 3.15. The molecule has 1 heterocycles. The molecule has 0 spiro atoms. The van der Waals surface area contributed by atoms with E-state index in [4.69, 9.17) is 4.74 Å². The van der Waals surface area contributed by atoms with Crippen molar-refractivity contribution < 1.29 is 39.2 Å². The van der Waals surface area contributed by atoms with Gasteiger partial charge < -0.3 is 20.1 Å². The van der Waals surface area contributed by atoms with Crippen LogP contribution in [0.25, 0.3) is 0 Å². The highest BCUT2D eigenvalue weighted by Gasteiger charge is 2.97. The number of carbonyl (C=O) groups excluding carboxylic acids is 4. The Morgan fingerprint density at radius 1 is 0.944 bits per heavy atom. The summed E-state index contributed by atoms with van der Waals surface area (Å²) in [4.78, 5) is 55.4. The molecule has 0 radical (unpaired) electrons. The summed E-state index contributed by atoms with van der Waals surface area (Å²) < 4.78 is 5.74. The van der Waals surface area contributed by atoms with Crippen molar-refractivity contribution in [3.05, 3.63) is 59.9 Å². The lowest BCUT2D eigenvalue weighted by Gasteiger charge is -2.48. The van der Waals surface area contributed by atoms with E-state index in [-0.39, 0.29) is 5.57 Å². The van der Waals surface area contributed by atoms with E-state index < -0.39 is 74.5 Å². The largest absolute Gasteiger partial charge is 0.508 e. The van der Waals surface area contributed by atoms with Crippen LogP contribution < -0.4 is 0 Å². The number of hydrogen-bond acceptors (Lipinski definition) is 8. The summed E-state index contributed by atoms with van der Waals surface area (Å²) >= 11 is 0. The predicted molar refractivity (Wildman–Crippen MR) is 129 cm³/mol. The summed E-state index contributed by atoms with van der Waals surface area (Å²) in [6, 6.07) is 0. The van der Waals surface area contributed by atoms with Gasteiger partial charge in [-0.1, -0.05) is 36.5 Å². The standard InChI is InChI=1S/C28H32O8/c1-7-9-11-13-16(29)18-19-20-26(6)28(35,15(3)22(32)36-26)25(5,21(18)31)27(20,23(33)24(19,4)34)17(30)14-12-10-8-2/h7-15,19-20,29,34-35H,1-6H3/b9-7+,10-8+,13-11+,14-12+,18-16-/t15-,19?,20?,24-,25+,26-,27?,28-/m0/s1. The van der Waals surface area contributed by atoms with Crippen molar-refractivity contribution in [2.45, 2.75) is 58.3 Å². The summed E-state index contributed by atoms with van der Waals surface area (Å²) in [6.07, 6.45) is 11.9. The molecule has 0 aromatic heterocycles. The molecule has 4 bridgehead atoms. The third-order valence-electron chi connectivity index (χ3n) is 9.20. The van der Waals surface area contributed by atoms with E-state index in [1.807, 2.05) is 0 Å². The lowest BCUT2D eigenvalue weighted by Crippen LogP contribution is -2.65. The number of ether oxygens (including phenoxy) is 1. The Labute approximate surface area is 209 Å². The van der Waals surface area contributed by atoms with E-state index in [9.17, 15) is 34.5 Å². The van der Waals surface area contributed by atoms with Crippen LogP contribution in [0, 0.1) is 28.6 Å². The van der Waals surface area contributed by atoms with Gasteiger partial charge in [0.05, 0.1) is 11.3 Å². The third-order valence-corrected chi connectivity index (χ3v) is 9.20. The molecule has 3 unspecified atom stereocenters. The minimum absolute atomic E-state index is 0.271. The van der Waals surface area contributed by atoms with Gasteiger partial charge in [0, 0.05) is 17.4 Å². The molecule has 8 atom stereocenters. The van der Waals surface area contributed by atoms with Crippen LogP contribution in [0.4, 0.5) is 0 Å². The van der Waals surface area contributed by atoms with E-state index in [0.717, 1.165) is 6.08 Å². The number of ketones is 3. The fourth-order valence-electron chi connectivity index (χ4n) is 7.76. The Hall–Kier alpha value is -3.10. The first-order chi connectivity index (χ1) is 16.7. The minimum atomic E-state index is -2.28. The van der Waals surface area contributed by atoms with Crippen molar-refractivity contribution in [3.63, 3.8) is 0 Å². The van der Waals surface area contributed by atoms with Gasteiger partial charge >= 0.3 is 5.97 Å². The van der Waals surface area contributed by atoms with Gasteiger partial charge in [0.1, 0.15) is 28.0 Å². The summed E-state index contributed by atoms with van der Waals surface area (Å²) in [5.41, 5.74) is -11.2. The molecule has 192 valence electrons. The zero-order valence-electron chi connectivity index (χ0n) is 21.2. The number of carbonyl (C=O) groups is 4. The Morgan fingerprint density at radius 3 is 2.06 bits per heavy atom. The van der Waals surface area contributed by atoms with Crippen LogP contribution in [0.5, 0.6) is 0 Å². The zero-order chi connectivity index (χ0) is 27.1. The van der Waals surface area contributed by atoms with Crippen molar-refractivity contribution in [3.8, 4) is 0 Å². The Morgan fingerprint density at radius 2 is 1.50 bits per heavy atom. The molecule has 0 aromatic rings. The monoisotopic (exact) mass is 496 g/mol. The van der Waals surface area contributed by atoms with Gasteiger partial charge in [0.15, 0.2) is 17.3 Å². The highest BCUT2D eigenvalue weighted by atomic mass is 16.6. The third kappa shape index (κ3) is 2.42. The molecular formula is C28H32O8. The molecule has 4 aliphatic rings. The van der Waals surface area contributed by atoms with E-state index in [0.29, 0.717) is 0 Å². The Kier molecular flexibility index (Phi) is 5.56. The van der Waals surface area contributed by atoms with Crippen molar-refractivity contribution in [2.24, 2.45) is 28.6 Å². The van der Waals surface area contributed by atoms with Crippen molar-refractivity contribution >= 4 is 23.3 Å². The maximum absolute atomic E-state index is 14.4. The molecular weight excluding hydrogens is 464 g/mol. The van der Waals surface area contributed by atoms with Gasteiger partial charge in [-0.3, -0.25) is 19.2 Å². The quantitative estimate of drug-likeness (QED) is 0.174. The normalized spacial score (nSPS) is 47.1. The van der Waals surface area contributed by atoms with Gasteiger partial charge in [0.25, 0.3) is 0 Å². The first-order valence-electron chi connectivity index (χ1n) is 12.0. The number of allylic oxidation sites excluding steroid dienone is 8. The van der Waals surface area contributed by atoms with Crippen LogP contribution in [0.1, 0.15) is 41.5 Å². The predicted octanol–water partition coefficient (Wildman–Crippen LogP) is 2.47. The van der Waals surface area contributed by atoms with Crippen LogP contribution in [-0.2, 0) is 23.9 Å². The van der Waals surface area contributed by atoms with E-state index in [2.05, 4.69) is 0 Å². The van der Waals surface area contributed by atoms with Crippen LogP contribution in [0.15, 0.2) is 59.9 Å². The SMILES string of the molecule is C/C=C/C=C/C(=O)C12C(=O)[C@@](C)(O)C3\C(=C(O)/C=C/C=C/C)C(=O)[C@@]1(C)[C@@]1(O)[C@@H](C)C(=O)O[C@@]1(C)C32. The minimum Gasteiger partial charge on any atom is -0.508 e. The van der Waals surface area contributed by atoms with Gasteiger partial charge in [-0.15, -0.1) is 0 Å². The maximum atomic E-state index is 14.4. The number of hydrogen-bond donors (Lipinski definition) is 3. The van der Waals surface area contributed by atoms with Crippen molar-refractivity contribution in [2.75, 3.05) is 0 Å². The lowest BCUT2D eigenvalue weighted by molar-refractivity contribution is -0.180. The van der Waals surface area contributed by atoms with Gasteiger partial charge in [0.2, 0.25) is 0 Å². The summed E-state index contributed by atoms with van der Waals surface area (Å²) in [6.45, 7) is 8.79. The molecule has 4 rings (SSSR count). The number of aliphatic hydroxyl groups excluding tert-OH is 1. The maximum Gasteiger partial charge on any atom is 0.312 e. The average molecular weight is 497 g/mol. The molecule has 0 aromatic carbocycles. The topological polar surface area (TPSA) is 138 Å². The molecule has 3 saturated carbocycles. The van der Waals surface area contributed by atoms with Crippen molar-refractivity contribution in [1.82, 2.24) is 0 Å². The fraction of sp³-hybridized carbons (Fsp3) is 0.500. The number of aliphatic hydroxyl groups is 3. The number of Topliss-reactive ketones (excluding diaryl/α,β-unsaturated/α-hetero) is 2. The highest BCUT2D eigenvalue weighted by Crippen LogP contribution is 2.81. The molecule has 4 fully saturated rings. The molecule has 3 N–H and O–H groups in total. The molecule has 8 heteroatoms. The fourth-order valence-corrected chi connectivity index (χ4v) is 7.76. The molecule has 3 aliphatic carbocycles. The second-order valence-electron chi connectivity index (χ2n) is 10.6. The zero-order valence-corrected chi connectivity index (χ0v) is 21.2.